The molecule has 0 N–H and O–H groups in total. The first-order chi connectivity index (χ1) is 12.1. The van der Waals surface area contributed by atoms with Crippen LogP contribution in [-0.4, -0.2) is 39.4 Å². The number of benzene rings is 1. The maximum Gasteiger partial charge on any atom is 0.262 e. The molecular formula is C15H16N8OS. The zero-order chi connectivity index (χ0) is 17.6. The summed E-state index contributed by atoms with van der Waals surface area (Å²) < 4.78 is 5.19. The van der Waals surface area contributed by atoms with Crippen LogP contribution in [0.25, 0.3) is 16.7 Å². The second-order valence-electron chi connectivity index (χ2n) is 5.92. The molecule has 0 fully saturated rings. The summed E-state index contributed by atoms with van der Waals surface area (Å²) in [6.45, 7) is 4.05. The molecule has 0 atom stereocenters. The van der Waals surface area contributed by atoms with Crippen molar-refractivity contribution in [2.75, 3.05) is 0 Å². The molecule has 0 aliphatic carbocycles. The van der Waals surface area contributed by atoms with Gasteiger partial charge in [0.05, 0.1) is 22.7 Å². The lowest BCUT2D eigenvalue weighted by atomic mass is 10.2. The molecule has 0 bridgehead atoms. The molecule has 0 spiro atoms. The molecule has 4 rings (SSSR count). The Hall–Kier alpha value is -2.75. The van der Waals surface area contributed by atoms with Gasteiger partial charge in [-0.05, 0) is 36.4 Å². The fraction of sp³-hybridized carbons (Fsp3) is 0.333. The van der Waals surface area contributed by atoms with Crippen LogP contribution in [0.3, 0.4) is 0 Å². The Kier molecular flexibility index (Phi) is 3.75. The molecule has 0 saturated heterocycles. The van der Waals surface area contributed by atoms with Crippen LogP contribution in [-0.2, 0) is 12.8 Å². The van der Waals surface area contributed by atoms with Crippen molar-refractivity contribution in [2.45, 2.75) is 30.8 Å². The molecule has 4 aromatic rings. The Labute approximate surface area is 146 Å². The third-order valence-corrected chi connectivity index (χ3v) is 4.90. The molecule has 0 amide bonds. The first kappa shape index (κ1) is 15.8. The molecule has 9 nitrogen and oxygen atoms in total. The van der Waals surface area contributed by atoms with Crippen LogP contribution in [0.15, 0.2) is 34.2 Å². The molecular weight excluding hydrogens is 340 g/mol. The summed E-state index contributed by atoms with van der Waals surface area (Å²) in [4.78, 5) is 12.5. The van der Waals surface area contributed by atoms with E-state index in [0.717, 1.165) is 16.5 Å². The minimum absolute atomic E-state index is 0.0848. The van der Waals surface area contributed by atoms with Crippen molar-refractivity contribution in [2.24, 2.45) is 7.05 Å². The number of hydrogen-bond acceptors (Lipinski definition) is 7. The van der Waals surface area contributed by atoms with Crippen molar-refractivity contribution < 1.29 is 0 Å². The lowest BCUT2D eigenvalue weighted by Crippen LogP contribution is -2.20. The van der Waals surface area contributed by atoms with Crippen LogP contribution in [0.2, 0.25) is 0 Å². The third kappa shape index (κ3) is 2.49. The summed E-state index contributed by atoms with van der Waals surface area (Å²) in [6.07, 6.45) is 0. The normalized spacial score (nSPS) is 11.8. The van der Waals surface area contributed by atoms with Gasteiger partial charge in [-0.1, -0.05) is 23.9 Å². The van der Waals surface area contributed by atoms with Crippen LogP contribution in [0.5, 0.6) is 0 Å². The lowest BCUT2D eigenvalue weighted by Gasteiger charge is -2.08. The Morgan fingerprint density at radius 1 is 1.16 bits per heavy atom. The van der Waals surface area contributed by atoms with Gasteiger partial charge in [0, 0.05) is 7.05 Å². The van der Waals surface area contributed by atoms with Gasteiger partial charge in [-0.15, -0.1) is 15.3 Å². The monoisotopic (exact) mass is 356 g/mol. The van der Waals surface area contributed by atoms with Crippen LogP contribution in [0.1, 0.15) is 25.7 Å². The number of hydrogen-bond donors (Lipinski definition) is 0. The van der Waals surface area contributed by atoms with Crippen LogP contribution in [0, 0.1) is 0 Å². The minimum Gasteiger partial charge on any atom is -0.279 e. The molecule has 3 aromatic heterocycles. The molecule has 0 radical (unpaired) electrons. The molecule has 128 valence electrons. The van der Waals surface area contributed by atoms with Crippen molar-refractivity contribution in [3.63, 3.8) is 0 Å². The largest absolute Gasteiger partial charge is 0.279 e. The van der Waals surface area contributed by atoms with Gasteiger partial charge in [0.2, 0.25) is 10.9 Å². The van der Waals surface area contributed by atoms with Crippen LogP contribution in [0.4, 0.5) is 0 Å². The Balaban J connectivity index is 1.81. The van der Waals surface area contributed by atoms with Gasteiger partial charge >= 0.3 is 0 Å². The summed E-state index contributed by atoms with van der Waals surface area (Å²) in [5.41, 5.74) is 0.711. The number of fused-ring (bicyclic) bond motifs is 3. The van der Waals surface area contributed by atoms with Crippen molar-refractivity contribution >= 4 is 28.4 Å². The van der Waals surface area contributed by atoms with Crippen LogP contribution >= 0.6 is 11.8 Å². The molecule has 0 unspecified atom stereocenters. The highest BCUT2D eigenvalue weighted by atomic mass is 32.2. The second kappa shape index (κ2) is 5.96. The van der Waals surface area contributed by atoms with E-state index in [1.165, 1.54) is 16.3 Å². The smallest absolute Gasteiger partial charge is 0.262 e. The number of tetrazole rings is 1. The van der Waals surface area contributed by atoms with Gasteiger partial charge in [0.15, 0.2) is 0 Å². The topological polar surface area (TPSA) is 95.8 Å². The highest BCUT2D eigenvalue weighted by Gasteiger charge is 2.16. The summed E-state index contributed by atoms with van der Waals surface area (Å²) in [5.74, 6) is 1.80. The average Bonchev–Trinajstić information content (AvgIpc) is 3.24. The standard InChI is InChI=1S/C15H16N8OS/c1-9(2)23-15(18-19-20-23)25-8-12-16-17-14-21(3)13(24)10-6-4-5-7-11(10)22(12)14/h4-7,9H,8H2,1-3H3. The quantitative estimate of drug-likeness (QED) is 0.511. The predicted octanol–water partition coefficient (Wildman–Crippen LogP) is 1.44. The molecule has 0 saturated carbocycles. The summed E-state index contributed by atoms with van der Waals surface area (Å²) in [6, 6.07) is 7.64. The van der Waals surface area contributed by atoms with E-state index in [-0.39, 0.29) is 11.6 Å². The van der Waals surface area contributed by atoms with E-state index < -0.39 is 0 Å². The Morgan fingerprint density at radius 3 is 2.76 bits per heavy atom. The molecule has 1 aromatic carbocycles. The van der Waals surface area contributed by atoms with Gasteiger partial charge in [-0.2, -0.15) is 0 Å². The maximum absolute atomic E-state index is 12.5. The number of rotatable bonds is 4. The SMILES string of the molecule is CC(C)n1nnnc1SCc1nnc2n(C)c(=O)c3ccccc3n12. The highest BCUT2D eigenvalue weighted by molar-refractivity contribution is 7.98. The van der Waals surface area contributed by atoms with E-state index >= 15 is 0 Å². The number of nitrogens with zero attached hydrogens (tertiary/aromatic N) is 8. The first-order valence-corrected chi connectivity index (χ1v) is 8.79. The molecule has 3 heterocycles. The molecule has 25 heavy (non-hydrogen) atoms. The number of thioether (sulfide) groups is 1. The zero-order valence-corrected chi connectivity index (χ0v) is 14.8. The van der Waals surface area contributed by atoms with E-state index in [1.54, 1.807) is 11.7 Å². The number of para-hydroxylation sites is 1. The van der Waals surface area contributed by atoms with Crippen molar-refractivity contribution in [3.05, 3.63) is 40.4 Å². The van der Waals surface area contributed by atoms with Crippen molar-refractivity contribution in [1.29, 1.82) is 0 Å². The van der Waals surface area contributed by atoms with Gasteiger partial charge in [-0.3, -0.25) is 13.8 Å². The lowest BCUT2D eigenvalue weighted by molar-refractivity contribution is 0.477. The summed E-state index contributed by atoms with van der Waals surface area (Å²) in [7, 11) is 1.70. The van der Waals surface area contributed by atoms with E-state index in [1.807, 2.05) is 42.5 Å². The molecule has 10 heteroatoms. The van der Waals surface area contributed by atoms with Gasteiger partial charge in [0.25, 0.3) is 5.56 Å². The Morgan fingerprint density at radius 2 is 1.96 bits per heavy atom. The van der Waals surface area contributed by atoms with E-state index in [4.69, 9.17) is 0 Å². The zero-order valence-electron chi connectivity index (χ0n) is 14.0. The summed E-state index contributed by atoms with van der Waals surface area (Å²) in [5, 5.41) is 21.6. The Bertz CT molecular complexity index is 1130. The molecule has 0 aliphatic rings. The van der Waals surface area contributed by atoms with Gasteiger partial charge in [0.1, 0.15) is 5.82 Å². The van der Waals surface area contributed by atoms with Crippen LogP contribution < -0.4 is 5.56 Å². The second-order valence-corrected chi connectivity index (χ2v) is 6.86. The highest BCUT2D eigenvalue weighted by Crippen LogP contribution is 2.23. The van der Waals surface area contributed by atoms with Crippen molar-refractivity contribution in [1.82, 2.24) is 39.4 Å². The van der Waals surface area contributed by atoms with E-state index in [0.29, 0.717) is 16.9 Å². The first-order valence-electron chi connectivity index (χ1n) is 7.80. The predicted molar refractivity (Wildman–Crippen MR) is 93.5 cm³/mol. The molecule has 0 aliphatic heterocycles. The number of aryl methyl sites for hydroxylation is 1. The minimum atomic E-state index is -0.0848. The average molecular weight is 356 g/mol. The summed E-state index contributed by atoms with van der Waals surface area (Å²) >= 11 is 1.49. The van der Waals surface area contributed by atoms with Gasteiger partial charge in [-0.25, -0.2) is 4.68 Å². The van der Waals surface area contributed by atoms with E-state index in [2.05, 4.69) is 25.7 Å². The third-order valence-electron chi connectivity index (χ3n) is 3.98. The van der Waals surface area contributed by atoms with E-state index in [9.17, 15) is 4.79 Å². The maximum atomic E-state index is 12.5. The fourth-order valence-electron chi connectivity index (χ4n) is 2.72. The fourth-order valence-corrected chi connectivity index (χ4v) is 3.64. The number of aromatic nitrogens is 8. The van der Waals surface area contributed by atoms with Crippen molar-refractivity contribution in [3.8, 4) is 0 Å². The van der Waals surface area contributed by atoms with Gasteiger partial charge < -0.3 is 0 Å².